The number of anilines is 1. The number of nitriles is 1. The lowest BCUT2D eigenvalue weighted by Crippen LogP contribution is -2.27. The van der Waals surface area contributed by atoms with Crippen molar-refractivity contribution in [1.29, 1.82) is 5.26 Å². The molecule has 0 heterocycles. The van der Waals surface area contributed by atoms with Crippen LogP contribution in [-0.4, -0.2) is 5.91 Å². The molecule has 1 aliphatic carbocycles. The normalized spacial score (nSPS) is 15.0. The SMILES string of the molecule is N#Cc1ccc(Cl)c(NC(=O)C2(c3ccccc3)CC2)c1. The summed E-state index contributed by atoms with van der Waals surface area (Å²) in [4.78, 5) is 12.6. The monoisotopic (exact) mass is 296 g/mol. The number of benzene rings is 2. The number of carbonyl (C=O) groups excluding carboxylic acids is 1. The maximum atomic E-state index is 12.6. The Morgan fingerprint density at radius 3 is 2.52 bits per heavy atom. The molecule has 1 N–H and O–H groups in total. The van der Waals surface area contributed by atoms with Crippen LogP contribution in [-0.2, 0) is 10.2 Å². The first-order valence-electron chi connectivity index (χ1n) is 6.72. The lowest BCUT2D eigenvalue weighted by atomic mass is 9.95. The maximum absolute atomic E-state index is 12.6. The Balaban J connectivity index is 1.86. The lowest BCUT2D eigenvalue weighted by molar-refractivity contribution is -0.118. The number of hydrogen-bond acceptors (Lipinski definition) is 2. The second-order valence-electron chi connectivity index (χ2n) is 5.21. The highest BCUT2D eigenvalue weighted by Crippen LogP contribution is 2.49. The van der Waals surface area contributed by atoms with Crippen molar-refractivity contribution < 1.29 is 4.79 Å². The van der Waals surface area contributed by atoms with E-state index in [1.807, 2.05) is 36.4 Å². The molecule has 0 unspecified atom stereocenters. The molecule has 0 aliphatic heterocycles. The first kappa shape index (κ1) is 13.7. The van der Waals surface area contributed by atoms with Crippen LogP contribution in [0.15, 0.2) is 48.5 Å². The third kappa shape index (κ3) is 2.51. The molecular formula is C17H13ClN2O. The van der Waals surface area contributed by atoms with E-state index < -0.39 is 5.41 Å². The van der Waals surface area contributed by atoms with Crippen LogP contribution in [0.4, 0.5) is 5.69 Å². The average molecular weight is 297 g/mol. The van der Waals surface area contributed by atoms with Crippen molar-refractivity contribution in [3.8, 4) is 6.07 Å². The number of rotatable bonds is 3. The first-order chi connectivity index (χ1) is 10.2. The highest BCUT2D eigenvalue weighted by Gasteiger charge is 2.51. The average Bonchev–Trinajstić information content (AvgIpc) is 3.32. The molecule has 1 fully saturated rings. The van der Waals surface area contributed by atoms with Crippen LogP contribution in [0.5, 0.6) is 0 Å². The van der Waals surface area contributed by atoms with Gasteiger partial charge in [-0.05, 0) is 36.6 Å². The van der Waals surface area contributed by atoms with Gasteiger partial charge in [0.1, 0.15) is 0 Å². The Morgan fingerprint density at radius 1 is 1.19 bits per heavy atom. The van der Waals surface area contributed by atoms with Gasteiger partial charge in [0.15, 0.2) is 0 Å². The van der Waals surface area contributed by atoms with Crippen LogP contribution in [0.3, 0.4) is 0 Å². The molecule has 0 saturated heterocycles. The summed E-state index contributed by atoms with van der Waals surface area (Å²) < 4.78 is 0. The second kappa shape index (κ2) is 5.23. The summed E-state index contributed by atoms with van der Waals surface area (Å²) in [7, 11) is 0. The van der Waals surface area contributed by atoms with Gasteiger partial charge >= 0.3 is 0 Å². The molecular weight excluding hydrogens is 284 g/mol. The molecule has 4 heteroatoms. The van der Waals surface area contributed by atoms with E-state index in [1.165, 1.54) is 0 Å². The number of hydrogen-bond donors (Lipinski definition) is 1. The molecule has 3 nitrogen and oxygen atoms in total. The fraction of sp³-hybridized carbons (Fsp3) is 0.176. The second-order valence-corrected chi connectivity index (χ2v) is 5.62. The van der Waals surface area contributed by atoms with Crippen LogP contribution in [0, 0.1) is 11.3 Å². The summed E-state index contributed by atoms with van der Waals surface area (Å²) in [5.74, 6) is -0.0642. The van der Waals surface area contributed by atoms with Gasteiger partial charge in [0, 0.05) is 0 Å². The van der Waals surface area contributed by atoms with Gasteiger partial charge in [-0.1, -0.05) is 41.9 Å². The number of carbonyl (C=O) groups is 1. The molecule has 0 atom stereocenters. The van der Waals surface area contributed by atoms with Crippen LogP contribution >= 0.6 is 11.6 Å². The van der Waals surface area contributed by atoms with Gasteiger partial charge in [-0.2, -0.15) is 5.26 Å². The minimum atomic E-state index is -0.451. The van der Waals surface area contributed by atoms with E-state index in [0.29, 0.717) is 16.3 Å². The van der Waals surface area contributed by atoms with E-state index in [1.54, 1.807) is 18.2 Å². The van der Waals surface area contributed by atoms with Crippen molar-refractivity contribution >= 4 is 23.2 Å². The minimum absolute atomic E-state index is 0.0642. The quantitative estimate of drug-likeness (QED) is 0.934. The highest BCUT2D eigenvalue weighted by molar-refractivity contribution is 6.33. The summed E-state index contributed by atoms with van der Waals surface area (Å²) in [5, 5.41) is 12.2. The van der Waals surface area contributed by atoms with Crippen molar-refractivity contribution in [1.82, 2.24) is 0 Å². The summed E-state index contributed by atoms with van der Waals surface area (Å²) >= 11 is 6.09. The molecule has 0 spiro atoms. The molecule has 21 heavy (non-hydrogen) atoms. The molecule has 2 aromatic rings. The Labute approximate surface area is 128 Å². The Bertz CT molecular complexity index is 730. The fourth-order valence-corrected chi connectivity index (χ4v) is 2.63. The molecule has 0 bridgehead atoms. The molecule has 2 aromatic carbocycles. The zero-order valence-corrected chi connectivity index (χ0v) is 12.0. The third-order valence-corrected chi connectivity index (χ3v) is 4.18. The largest absolute Gasteiger partial charge is 0.324 e. The summed E-state index contributed by atoms with van der Waals surface area (Å²) in [6.45, 7) is 0. The van der Waals surface area contributed by atoms with E-state index in [4.69, 9.17) is 16.9 Å². The molecule has 3 rings (SSSR count). The van der Waals surface area contributed by atoms with Crippen molar-refractivity contribution in [2.24, 2.45) is 0 Å². The van der Waals surface area contributed by atoms with Gasteiger partial charge in [0.05, 0.1) is 27.8 Å². The molecule has 0 aromatic heterocycles. The van der Waals surface area contributed by atoms with E-state index >= 15 is 0 Å². The number of nitrogens with one attached hydrogen (secondary N) is 1. The molecule has 1 amide bonds. The topological polar surface area (TPSA) is 52.9 Å². The van der Waals surface area contributed by atoms with Gasteiger partial charge < -0.3 is 5.32 Å². The Kier molecular flexibility index (Phi) is 3.40. The summed E-state index contributed by atoms with van der Waals surface area (Å²) in [6.07, 6.45) is 1.66. The van der Waals surface area contributed by atoms with Gasteiger partial charge in [0.25, 0.3) is 0 Å². The van der Waals surface area contributed by atoms with E-state index in [9.17, 15) is 4.79 Å². The number of halogens is 1. The van der Waals surface area contributed by atoms with E-state index in [0.717, 1.165) is 18.4 Å². The zero-order chi connectivity index (χ0) is 14.9. The fourth-order valence-electron chi connectivity index (χ4n) is 2.46. The minimum Gasteiger partial charge on any atom is -0.324 e. The first-order valence-corrected chi connectivity index (χ1v) is 7.10. The number of nitrogens with zero attached hydrogens (tertiary/aromatic N) is 1. The summed E-state index contributed by atoms with van der Waals surface area (Å²) in [5.41, 5.74) is 1.53. The Morgan fingerprint density at radius 2 is 1.90 bits per heavy atom. The van der Waals surface area contributed by atoms with Gasteiger partial charge in [-0.25, -0.2) is 0 Å². The zero-order valence-electron chi connectivity index (χ0n) is 11.3. The van der Waals surface area contributed by atoms with Crippen LogP contribution < -0.4 is 5.32 Å². The Hall–Kier alpha value is -2.31. The van der Waals surface area contributed by atoms with Gasteiger partial charge in [-0.3, -0.25) is 4.79 Å². The third-order valence-electron chi connectivity index (χ3n) is 3.85. The van der Waals surface area contributed by atoms with Crippen molar-refractivity contribution in [3.05, 3.63) is 64.7 Å². The van der Waals surface area contributed by atoms with Crippen LogP contribution in [0.1, 0.15) is 24.0 Å². The van der Waals surface area contributed by atoms with Crippen molar-refractivity contribution in [2.45, 2.75) is 18.3 Å². The molecule has 0 radical (unpaired) electrons. The highest BCUT2D eigenvalue weighted by atomic mass is 35.5. The van der Waals surface area contributed by atoms with Crippen molar-refractivity contribution in [3.63, 3.8) is 0 Å². The maximum Gasteiger partial charge on any atom is 0.235 e. The summed E-state index contributed by atoms with van der Waals surface area (Å²) in [6, 6.07) is 16.6. The predicted molar refractivity (Wildman–Crippen MR) is 82.2 cm³/mol. The van der Waals surface area contributed by atoms with Crippen LogP contribution in [0.25, 0.3) is 0 Å². The predicted octanol–water partition coefficient (Wildman–Crippen LogP) is 3.88. The van der Waals surface area contributed by atoms with Gasteiger partial charge in [0.2, 0.25) is 5.91 Å². The van der Waals surface area contributed by atoms with E-state index in [-0.39, 0.29) is 5.91 Å². The molecule has 1 saturated carbocycles. The van der Waals surface area contributed by atoms with Crippen molar-refractivity contribution in [2.75, 3.05) is 5.32 Å². The smallest absolute Gasteiger partial charge is 0.235 e. The van der Waals surface area contributed by atoms with Crippen LogP contribution in [0.2, 0.25) is 5.02 Å². The van der Waals surface area contributed by atoms with E-state index in [2.05, 4.69) is 5.32 Å². The van der Waals surface area contributed by atoms with Gasteiger partial charge in [-0.15, -0.1) is 0 Å². The number of amides is 1. The molecule has 1 aliphatic rings. The molecule has 104 valence electrons. The standard InChI is InChI=1S/C17H13ClN2O/c18-14-7-6-12(11-19)10-15(14)20-16(21)17(8-9-17)13-4-2-1-3-5-13/h1-7,10H,8-9H2,(H,20,21). The lowest BCUT2D eigenvalue weighted by Gasteiger charge is -2.16.